The number of esters is 1. The van der Waals surface area contributed by atoms with Crippen molar-refractivity contribution < 1.29 is 9.53 Å². The summed E-state index contributed by atoms with van der Waals surface area (Å²) < 4.78 is 5.73. The van der Waals surface area contributed by atoms with Crippen LogP contribution in [0.25, 0.3) is 0 Å². The van der Waals surface area contributed by atoms with Crippen molar-refractivity contribution in [3.8, 4) is 5.75 Å². The zero-order valence-electron chi connectivity index (χ0n) is 19.5. The maximum Gasteiger partial charge on any atom is 0.314 e. The lowest BCUT2D eigenvalue weighted by Gasteiger charge is -2.37. The second-order valence-electron chi connectivity index (χ2n) is 10.1. The maximum atomic E-state index is 12.7. The highest BCUT2D eigenvalue weighted by Crippen LogP contribution is 2.42. The van der Waals surface area contributed by atoms with Crippen LogP contribution in [0.2, 0.25) is 0 Å². The number of hydrogen-bond acceptors (Lipinski definition) is 2. The van der Waals surface area contributed by atoms with E-state index in [0.717, 1.165) is 37.0 Å². The highest BCUT2D eigenvalue weighted by Gasteiger charge is 2.33. The minimum atomic E-state index is -0.00389. The monoisotopic (exact) mass is 412 g/mol. The van der Waals surface area contributed by atoms with E-state index in [9.17, 15) is 4.79 Å². The van der Waals surface area contributed by atoms with Crippen LogP contribution < -0.4 is 4.74 Å². The Morgan fingerprint density at radius 1 is 0.800 bits per heavy atom. The molecular formula is C28H44O2. The van der Waals surface area contributed by atoms with Gasteiger partial charge in [0.2, 0.25) is 0 Å². The Morgan fingerprint density at radius 2 is 1.43 bits per heavy atom. The summed E-state index contributed by atoms with van der Waals surface area (Å²) in [6.45, 7) is 4.56. The Balaban J connectivity index is 1.37. The number of aryl methyl sites for hydroxylation is 1. The first-order valence-electron chi connectivity index (χ1n) is 13.0. The number of ether oxygens (including phenoxy) is 1. The zero-order chi connectivity index (χ0) is 21.2. The average Bonchev–Trinajstić information content (AvgIpc) is 2.79. The molecule has 2 heteroatoms. The van der Waals surface area contributed by atoms with E-state index in [1.165, 1.54) is 82.6 Å². The molecular weight excluding hydrogens is 368 g/mol. The molecule has 0 aliphatic heterocycles. The Bertz CT molecular complexity index is 604. The van der Waals surface area contributed by atoms with Crippen LogP contribution in [0, 0.1) is 23.7 Å². The van der Waals surface area contributed by atoms with Gasteiger partial charge in [-0.15, -0.1) is 0 Å². The van der Waals surface area contributed by atoms with E-state index in [4.69, 9.17) is 4.74 Å². The van der Waals surface area contributed by atoms with Gasteiger partial charge in [0.1, 0.15) is 5.75 Å². The first kappa shape index (κ1) is 23.4. The van der Waals surface area contributed by atoms with Crippen molar-refractivity contribution >= 4 is 5.97 Å². The molecule has 30 heavy (non-hydrogen) atoms. The van der Waals surface area contributed by atoms with Crippen molar-refractivity contribution in [2.24, 2.45) is 23.7 Å². The molecule has 2 aliphatic rings. The molecule has 1 aromatic rings. The Morgan fingerprint density at radius 3 is 2.03 bits per heavy atom. The van der Waals surface area contributed by atoms with Gasteiger partial charge in [-0.25, -0.2) is 0 Å². The largest absolute Gasteiger partial charge is 0.426 e. The molecule has 0 bridgehead atoms. The van der Waals surface area contributed by atoms with Crippen LogP contribution in [-0.2, 0) is 11.2 Å². The topological polar surface area (TPSA) is 26.3 Å². The second kappa shape index (κ2) is 12.5. The molecule has 0 amide bonds. The third-order valence-electron chi connectivity index (χ3n) is 7.82. The van der Waals surface area contributed by atoms with Crippen molar-refractivity contribution in [1.82, 2.24) is 0 Å². The van der Waals surface area contributed by atoms with Crippen LogP contribution in [0.15, 0.2) is 24.3 Å². The van der Waals surface area contributed by atoms with Crippen molar-refractivity contribution in [1.29, 1.82) is 0 Å². The third kappa shape index (κ3) is 7.13. The predicted molar refractivity (Wildman–Crippen MR) is 126 cm³/mol. The number of unbranched alkanes of at least 4 members (excludes halogenated alkanes) is 3. The van der Waals surface area contributed by atoms with Crippen LogP contribution in [0.1, 0.15) is 109 Å². The van der Waals surface area contributed by atoms with E-state index in [1.54, 1.807) is 0 Å². The molecule has 2 fully saturated rings. The summed E-state index contributed by atoms with van der Waals surface area (Å²) in [5, 5.41) is 0. The quantitative estimate of drug-likeness (QED) is 0.220. The van der Waals surface area contributed by atoms with Crippen LogP contribution in [-0.4, -0.2) is 5.97 Å². The van der Waals surface area contributed by atoms with Gasteiger partial charge < -0.3 is 4.74 Å². The molecule has 168 valence electrons. The summed E-state index contributed by atoms with van der Waals surface area (Å²) in [5.41, 5.74) is 1.35. The number of carbonyl (C=O) groups excluding carboxylic acids is 1. The van der Waals surface area contributed by atoms with Gasteiger partial charge in [0, 0.05) is 0 Å². The van der Waals surface area contributed by atoms with Gasteiger partial charge in [0.15, 0.2) is 0 Å². The van der Waals surface area contributed by atoms with E-state index in [-0.39, 0.29) is 11.9 Å². The Kier molecular flexibility index (Phi) is 9.75. The smallest absolute Gasteiger partial charge is 0.314 e. The highest BCUT2D eigenvalue weighted by atomic mass is 16.5. The minimum absolute atomic E-state index is 0.00389. The third-order valence-corrected chi connectivity index (χ3v) is 7.82. The van der Waals surface area contributed by atoms with E-state index >= 15 is 0 Å². The fourth-order valence-corrected chi connectivity index (χ4v) is 5.86. The van der Waals surface area contributed by atoms with Crippen LogP contribution in [0.3, 0.4) is 0 Å². The van der Waals surface area contributed by atoms with Gasteiger partial charge >= 0.3 is 5.97 Å². The molecule has 0 spiro atoms. The molecule has 0 atom stereocenters. The predicted octanol–water partition coefficient (Wildman–Crippen LogP) is 8.13. The van der Waals surface area contributed by atoms with E-state index in [1.807, 2.05) is 12.1 Å². The van der Waals surface area contributed by atoms with Gasteiger partial charge in [-0.05, 0) is 86.8 Å². The fourth-order valence-electron chi connectivity index (χ4n) is 5.86. The second-order valence-corrected chi connectivity index (χ2v) is 10.1. The highest BCUT2D eigenvalue weighted by molar-refractivity contribution is 5.75. The molecule has 0 unspecified atom stereocenters. The first-order valence-corrected chi connectivity index (χ1v) is 13.0. The minimum Gasteiger partial charge on any atom is -0.426 e. The standard InChI is InChI=1S/C28H44O2/c1-3-5-6-7-9-23-12-20-27(21-13-23)30-28(29)26-18-16-25(17-19-26)24-14-10-22(8-4-2)11-15-24/h12-13,20-22,24-26H,3-11,14-19H2,1-2H3. The molecule has 0 N–H and O–H groups in total. The van der Waals surface area contributed by atoms with Crippen LogP contribution >= 0.6 is 0 Å². The number of rotatable bonds is 10. The molecule has 0 radical (unpaired) electrons. The Hall–Kier alpha value is -1.31. The van der Waals surface area contributed by atoms with E-state index in [2.05, 4.69) is 26.0 Å². The number of hydrogen-bond donors (Lipinski definition) is 0. The van der Waals surface area contributed by atoms with E-state index in [0.29, 0.717) is 5.75 Å². The molecule has 2 nitrogen and oxygen atoms in total. The van der Waals surface area contributed by atoms with Crippen LogP contribution in [0.5, 0.6) is 5.75 Å². The van der Waals surface area contributed by atoms with Gasteiger partial charge in [-0.2, -0.15) is 0 Å². The Labute approximate surface area is 185 Å². The lowest BCUT2D eigenvalue weighted by Crippen LogP contribution is -2.30. The summed E-state index contributed by atoms with van der Waals surface area (Å²) >= 11 is 0. The summed E-state index contributed by atoms with van der Waals surface area (Å²) in [4.78, 5) is 12.7. The molecule has 0 saturated heterocycles. The van der Waals surface area contributed by atoms with Gasteiger partial charge in [-0.3, -0.25) is 4.79 Å². The molecule has 0 heterocycles. The average molecular weight is 413 g/mol. The van der Waals surface area contributed by atoms with Gasteiger partial charge in [-0.1, -0.05) is 70.9 Å². The van der Waals surface area contributed by atoms with E-state index < -0.39 is 0 Å². The lowest BCUT2D eigenvalue weighted by molar-refractivity contribution is -0.140. The zero-order valence-corrected chi connectivity index (χ0v) is 19.5. The van der Waals surface area contributed by atoms with Gasteiger partial charge in [0.25, 0.3) is 0 Å². The molecule has 2 saturated carbocycles. The summed E-state index contributed by atoms with van der Waals surface area (Å²) in [6.07, 6.45) is 19.2. The molecule has 3 rings (SSSR count). The SMILES string of the molecule is CCCCCCc1ccc(OC(=O)C2CCC(C3CCC(CCC)CC3)CC2)cc1. The molecule has 1 aromatic carbocycles. The van der Waals surface area contributed by atoms with Gasteiger partial charge in [0.05, 0.1) is 5.92 Å². The molecule has 0 aromatic heterocycles. The summed E-state index contributed by atoms with van der Waals surface area (Å²) in [5.74, 6) is 3.57. The maximum absolute atomic E-state index is 12.7. The number of carbonyl (C=O) groups is 1. The first-order chi connectivity index (χ1) is 14.7. The molecule has 2 aliphatic carbocycles. The summed E-state index contributed by atoms with van der Waals surface area (Å²) in [6, 6.07) is 8.21. The normalized spacial score (nSPS) is 27.0. The van der Waals surface area contributed by atoms with Crippen molar-refractivity contribution in [3.05, 3.63) is 29.8 Å². The van der Waals surface area contributed by atoms with Crippen molar-refractivity contribution in [3.63, 3.8) is 0 Å². The van der Waals surface area contributed by atoms with Crippen molar-refractivity contribution in [2.75, 3.05) is 0 Å². The lowest BCUT2D eigenvalue weighted by atomic mass is 9.69. The summed E-state index contributed by atoms with van der Waals surface area (Å²) in [7, 11) is 0. The van der Waals surface area contributed by atoms with Crippen LogP contribution in [0.4, 0.5) is 0 Å². The number of benzene rings is 1. The fraction of sp³-hybridized carbons (Fsp3) is 0.750. The van der Waals surface area contributed by atoms with Crippen molar-refractivity contribution in [2.45, 2.75) is 110 Å².